The van der Waals surface area contributed by atoms with Gasteiger partial charge >= 0.3 is 0 Å². The first-order chi connectivity index (χ1) is 9.70. The molecule has 1 amide bonds. The van der Waals surface area contributed by atoms with E-state index in [4.69, 9.17) is 0 Å². The first kappa shape index (κ1) is 15.8. The summed E-state index contributed by atoms with van der Waals surface area (Å²) in [5.41, 5.74) is 0. The largest absolute Gasteiger partial charge is 0.391 e. The van der Waals surface area contributed by atoms with Crippen molar-refractivity contribution in [1.29, 1.82) is 0 Å². The van der Waals surface area contributed by atoms with Crippen LogP contribution in [-0.2, 0) is 4.79 Å². The van der Waals surface area contributed by atoms with Crippen LogP contribution in [0.25, 0.3) is 0 Å². The van der Waals surface area contributed by atoms with Gasteiger partial charge in [0.2, 0.25) is 5.91 Å². The molecule has 2 atom stereocenters. The van der Waals surface area contributed by atoms with E-state index in [0.29, 0.717) is 0 Å². The van der Waals surface area contributed by atoms with Gasteiger partial charge in [-0.2, -0.15) is 0 Å². The third-order valence-electron chi connectivity index (χ3n) is 5.24. The molecule has 2 N–H and O–H groups in total. The minimum Gasteiger partial charge on any atom is -0.391 e. The quantitative estimate of drug-likeness (QED) is 0.811. The van der Waals surface area contributed by atoms with Crippen molar-refractivity contribution in [3.05, 3.63) is 0 Å². The lowest BCUT2D eigenvalue weighted by molar-refractivity contribution is -0.128. The van der Waals surface area contributed by atoms with Crippen LogP contribution in [0.2, 0.25) is 0 Å². The highest BCUT2D eigenvalue weighted by atomic mass is 16.3. The Morgan fingerprint density at radius 1 is 1.10 bits per heavy atom. The maximum Gasteiger partial charge on any atom is 0.223 e. The SMILES string of the molecule is CCCCC1CCC(C(=O)NC2CCCCC2O)CC1. The van der Waals surface area contributed by atoms with Crippen LogP contribution in [-0.4, -0.2) is 23.2 Å². The predicted octanol–water partition coefficient (Wildman–Crippen LogP) is 3.40. The number of carbonyl (C=O) groups is 1. The number of unbranched alkanes of at least 4 members (excludes halogenated alkanes) is 1. The molecular weight excluding hydrogens is 250 g/mol. The zero-order valence-electron chi connectivity index (χ0n) is 12.9. The standard InChI is InChI=1S/C17H31NO2/c1-2-3-6-13-9-11-14(12-10-13)17(20)18-15-7-4-5-8-16(15)19/h13-16,19H,2-12H2,1H3,(H,18,20). The minimum absolute atomic E-state index is 0.00839. The van der Waals surface area contributed by atoms with Gasteiger partial charge in [-0.25, -0.2) is 0 Å². The summed E-state index contributed by atoms with van der Waals surface area (Å²) in [6, 6.07) is 0.00839. The van der Waals surface area contributed by atoms with E-state index in [-0.39, 0.29) is 24.0 Å². The van der Waals surface area contributed by atoms with Crippen LogP contribution in [0.1, 0.15) is 77.6 Å². The summed E-state index contributed by atoms with van der Waals surface area (Å²) in [6.45, 7) is 2.24. The van der Waals surface area contributed by atoms with E-state index in [2.05, 4.69) is 12.2 Å². The van der Waals surface area contributed by atoms with Crippen molar-refractivity contribution in [2.45, 2.75) is 89.7 Å². The molecule has 2 saturated carbocycles. The zero-order valence-corrected chi connectivity index (χ0v) is 12.9. The summed E-state index contributed by atoms with van der Waals surface area (Å²) >= 11 is 0. The first-order valence-corrected chi connectivity index (χ1v) is 8.69. The van der Waals surface area contributed by atoms with E-state index in [0.717, 1.165) is 44.4 Å². The molecule has 0 aromatic carbocycles. The van der Waals surface area contributed by atoms with Crippen LogP contribution in [0, 0.1) is 11.8 Å². The van der Waals surface area contributed by atoms with Crippen LogP contribution >= 0.6 is 0 Å². The van der Waals surface area contributed by atoms with Crippen LogP contribution in [0.3, 0.4) is 0 Å². The Labute approximate surface area is 123 Å². The van der Waals surface area contributed by atoms with E-state index in [9.17, 15) is 9.90 Å². The molecule has 20 heavy (non-hydrogen) atoms. The van der Waals surface area contributed by atoms with Crippen molar-refractivity contribution < 1.29 is 9.90 Å². The summed E-state index contributed by atoms with van der Waals surface area (Å²) in [7, 11) is 0. The molecule has 0 heterocycles. The normalized spacial score (nSPS) is 34.7. The first-order valence-electron chi connectivity index (χ1n) is 8.69. The van der Waals surface area contributed by atoms with Gasteiger partial charge in [0.05, 0.1) is 12.1 Å². The van der Waals surface area contributed by atoms with Crippen LogP contribution < -0.4 is 5.32 Å². The number of aliphatic hydroxyl groups excluding tert-OH is 1. The van der Waals surface area contributed by atoms with Crippen molar-refractivity contribution in [1.82, 2.24) is 5.32 Å². The van der Waals surface area contributed by atoms with E-state index < -0.39 is 0 Å². The van der Waals surface area contributed by atoms with Crippen LogP contribution in [0.5, 0.6) is 0 Å². The average molecular weight is 281 g/mol. The van der Waals surface area contributed by atoms with E-state index in [1.54, 1.807) is 0 Å². The van der Waals surface area contributed by atoms with Crippen molar-refractivity contribution >= 4 is 5.91 Å². The Morgan fingerprint density at radius 2 is 1.80 bits per heavy atom. The number of hydrogen-bond acceptors (Lipinski definition) is 2. The lowest BCUT2D eigenvalue weighted by Crippen LogP contribution is -2.47. The minimum atomic E-state index is -0.325. The lowest BCUT2D eigenvalue weighted by atomic mass is 9.79. The molecular formula is C17H31NO2. The van der Waals surface area contributed by atoms with Gasteiger partial charge < -0.3 is 10.4 Å². The lowest BCUT2D eigenvalue weighted by Gasteiger charge is -2.32. The molecule has 2 aliphatic carbocycles. The molecule has 0 radical (unpaired) electrons. The Hall–Kier alpha value is -0.570. The summed E-state index contributed by atoms with van der Waals surface area (Å²) in [5.74, 6) is 1.24. The van der Waals surface area contributed by atoms with Crippen molar-refractivity contribution in [3.8, 4) is 0 Å². The van der Waals surface area contributed by atoms with Gasteiger partial charge in [0.25, 0.3) is 0 Å². The second-order valence-corrected chi connectivity index (χ2v) is 6.83. The highest BCUT2D eigenvalue weighted by Crippen LogP contribution is 2.32. The molecule has 2 fully saturated rings. The highest BCUT2D eigenvalue weighted by Gasteiger charge is 2.30. The topological polar surface area (TPSA) is 49.3 Å². The Morgan fingerprint density at radius 3 is 2.45 bits per heavy atom. The fourth-order valence-corrected chi connectivity index (χ4v) is 3.79. The van der Waals surface area contributed by atoms with Gasteiger partial charge in [-0.05, 0) is 44.4 Å². The van der Waals surface area contributed by atoms with Gasteiger partial charge in [-0.1, -0.05) is 39.0 Å². The molecule has 0 aromatic heterocycles. The number of nitrogens with one attached hydrogen (secondary N) is 1. The molecule has 0 saturated heterocycles. The monoisotopic (exact) mass is 281 g/mol. The Kier molecular flexibility index (Phi) is 6.34. The smallest absolute Gasteiger partial charge is 0.223 e. The average Bonchev–Trinajstić information content (AvgIpc) is 2.48. The number of aliphatic hydroxyl groups is 1. The van der Waals surface area contributed by atoms with Crippen LogP contribution in [0.4, 0.5) is 0 Å². The number of amides is 1. The van der Waals surface area contributed by atoms with Gasteiger partial charge in [0.1, 0.15) is 0 Å². The fourth-order valence-electron chi connectivity index (χ4n) is 3.79. The second kappa shape index (κ2) is 8.02. The predicted molar refractivity (Wildman–Crippen MR) is 81.4 cm³/mol. The molecule has 0 aliphatic heterocycles. The van der Waals surface area contributed by atoms with E-state index in [1.165, 1.54) is 32.1 Å². The van der Waals surface area contributed by atoms with E-state index in [1.807, 2.05) is 0 Å². The zero-order chi connectivity index (χ0) is 14.4. The molecule has 0 aromatic rings. The second-order valence-electron chi connectivity index (χ2n) is 6.83. The van der Waals surface area contributed by atoms with E-state index >= 15 is 0 Å². The molecule has 3 heteroatoms. The summed E-state index contributed by atoms with van der Waals surface area (Å²) in [4.78, 5) is 12.3. The molecule has 0 bridgehead atoms. The maximum atomic E-state index is 12.3. The molecule has 2 rings (SSSR count). The van der Waals surface area contributed by atoms with Crippen LogP contribution in [0.15, 0.2) is 0 Å². The Balaban J connectivity index is 1.71. The third-order valence-corrected chi connectivity index (χ3v) is 5.24. The number of hydrogen-bond donors (Lipinski definition) is 2. The van der Waals surface area contributed by atoms with Gasteiger partial charge in [-0.3, -0.25) is 4.79 Å². The highest BCUT2D eigenvalue weighted by molar-refractivity contribution is 5.79. The maximum absolute atomic E-state index is 12.3. The number of carbonyl (C=O) groups excluding carboxylic acids is 1. The molecule has 2 aliphatic rings. The van der Waals surface area contributed by atoms with Crippen molar-refractivity contribution in [2.75, 3.05) is 0 Å². The summed E-state index contributed by atoms with van der Waals surface area (Å²) < 4.78 is 0. The fraction of sp³-hybridized carbons (Fsp3) is 0.941. The molecule has 3 nitrogen and oxygen atoms in total. The van der Waals surface area contributed by atoms with Crippen molar-refractivity contribution in [3.63, 3.8) is 0 Å². The number of rotatable bonds is 5. The molecule has 2 unspecified atom stereocenters. The van der Waals surface area contributed by atoms with Gasteiger partial charge in [0.15, 0.2) is 0 Å². The Bertz CT molecular complexity index is 297. The van der Waals surface area contributed by atoms with Crippen molar-refractivity contribution in [2.24, 2.45) is 11.8 Å². The third kappa shape index (κ3) is 4.47. The molecule has 0 spiro atoms. The van der Waals surface area contributed by atoms with Gasteiger partial charge in [0, 0.05) is 5.92 Å². The summed E-state index contributed by atoms with van der Waals surface area (Å²) in [6.07, 6.45) is 12.1. The summed E-state index contributed by atoms with van der Waals surface area (Å²) in [5, 5.41) is 13.0. The molecule has 116 valence electrons. The van der Waals surface area contributed by atoms with Gasteiger partial charge in [-0.15, -0.1) is 0 Å².